The van der Waals surface area contributed by atoms with Crippen molar-refractivity contribution in [2.75, 3.05) is 24.3 Å². The van der Waals surface area contributed by atoms with E-state index < -0.39 is 18.2 Å². The number of amides is 1. The Balaban J connectivity index is 0.00000361. The van der Waals surface area contributed by atoms with E-state index in [1.807, 2.05) is 43.3 Å². The Morgan fingerprint density at radius 1 is 1.06 bits per heavy atom. The Morgan fingerprint density at radius 2 is 1.69 bits per heavy atom. The summed E-state index contributed by atoms with van der Waals surface area (Å²) in [5.41, 5.74) is 6.67. The minimum atomic E-state index is -4.86. The van der Waals surface area contributed by atoms with Crippen molar-refractivity contribution in [3.63, 3.8) is 0 Å². The van der Waals surface area contributed by atoms with Crippen molar-refractivity contribution >= 4 is 41.0 Å². The van der Waals surface area contributed by atoms with Crippen LogP contribution in [0.25, 0.3) is 10.9 Å². The predicted molar refractivity (Wildman–Crippen MR) is 136 cm³/mol. The molecule has 1 unspecified atom stereocenters. The minimum absolute atomic E-state index is 0. The highest BCUT2D eigenvalue weighted by Crippen LogP contribution is 2.41. The van der Waals surface area contributed by atoms with Gasteiger partial charge in [0.15, 0.2) is 0 Å². The molecule has 1 atom stereocenters. The van der Waals surface area contributed by atoms with Crippen molar-refractivity contribution in [3.05, 3.63) is 54.1 Å². The smallest absolute Gasteiger partial charge is 0.405 e. The molecule has 1 aromatic heterocycles. The summed E-state index contributed by atoms with van der Waals surface area (Å²) < 4.78 is 42.9. The van der Waals surface area contributed by atoms with Gasteiger partial charge in [-0.1, -0.05) is 30.3 Å². The number of nitrogens with zero attached hydrogens (tertiary/aromatic N) is 3. The van der Waals surface area contributed by atoms with E-state index in [1.165, 1.54) is 18.2 Å². The maximum atomic E-state index is 12.9. The third-order valence-electron chi connectivity index (χ3n) is 6.37. The van der Waals surface area contributed by atoms with Crippen molar-refractivity contribution in [2.45, 2.75) is 44.0 Å². The van der Waals surface area contributed by atoms with E-state index in [4.69, 9.17) is 5.73 Å². The van der Waals surface area contributed by atoms with Crippen molar-refractivity contribution in [3.8, 4) is 5.75 Å². The number of benzene rings is 2. The van der Waals surface area contributed by atoms with Crippen LogP contribution in [0, 0.1) is 5.92 Å². The molecule has 7 nitrogen and oxygen atoms in total. The highest BCUT2D eigenvalue weighted by molar-refractivity contribution is 5.90. The largest absolute Gasteiger partial charge is 0.573 e. The molecule has 4 rings (SSSR count). The lowest BCUT2D eigenvalue weighted by Gasteiger charge is -2.33. The summed E-state index contributed by atoms with van der Waals surface area (Å²) >= 11 is 0. The molecule has 1 aliphatic rings. The number of rotatable bonds is 7. The van der Waals surface area contributed by atoms with E-state index in [1.54, 1.807) is 6.07 Å². The Hall–Kier alpha value is -3.27. The van der Waals surface area contributed by atoms with Crippen LogP contribution < -0.4 is 20.7 Å². The number of para-hydroxylation sites is 2. The van der Waals surface area contributed by atoms with Gasteiger partial charge in [-0.3, -0.25) is 4.79 Å². The first-order valence-corrected chi connectivity index (χ1v) is 11.5. The maximum absolute atomic E-state index is 12.9. The van der Waals surface area contributed by atoms with Gasteiger partial charge in [0, 0.05) is 31.1 Å². The molecule has 0 spiro atoms. The van der Waals surface area contributed by atoms with E-state index >= 15 is 0 Å². The normalized spacial score (nSPS) is 18.7. The number of anilines is 2. The van der Waals surface area contributed by atoms with Gasteiger partial charge in [-0.05, 0) is 49.8 Å². The van der Waals surface area contributed by atoms with Gasteiger partial charge < -0.3 is 20.7 Å². The summed E-state index contributed by atoms with van der Waals surface area (Å²) in [6.45, 7) is 0. The van der Waals surface area contributed by atoms with Crippen LogP contribution in [0.4, 0.5) is 24.9 Å². The van der Waals surface area contributed by atoms with Gasteiger partial charge in [0.2, 0.25) is 11.9 Å². The monoisotopic (exact) mass is 523 g/mol. The van der Waals surface area contributed by atoms with Crippen LogP contribution in [0.2, 0.25) is 0 Å². The van der Waals surface area contributed by atoms with Crippen LogP contribution >= 0.6 is 12.4 Å². The number of fused-ring (bicyclic) bond motifs is 1. The average Bonchev–Trinajstić information content (AvgIpc) is 2.79. The number of hydrogen-bond acceptors (Lipinski definition) is 6. The number of carbonyl (C=O) groups is 1. The quantitative estimate of drug-likeness (QED) is 0.439. The molecular formula is C25H29ClF3N5O2. The number of alkyl halides is 3. The number of carbonyl (C=O) groups excluding carboxylic acids is 1. The van der Waals surface area contributed by atoms with E-state index in [0.717, 1.165) is 16.7 Å². The molecule has 1 fully saturated rings. The highest BCUT2D eigenvalue weighted by atomic mass is 35.5. The standard InChI is InChI=1S/C25H28F3N5O2.ClH/c1-33(2)23-17-7-3-5-9-19(17)31-24(32-23)30-16-13-11-15(12-14-16)21(22(29)34)18-8-4-6-10-20(18)35-25(26,27)28;/h3-10,15-16,21H,11-14H2,1-2H3,(H2,29,34)(H,30,31,32);1H. The van der Waals surface area contributed by atoms with Crippen molar-refractivity contribution in [1.82, 2.24) is 9.97 Å². The number of primary amides is 1. The topological polar surface area (TPSA) is 93.4 Å². The molecule has 0 radical (unpaired) electrons. The number of nitrogens with one attached hydrogen (secondary N) is 1. The zero-order valence-electron chi connectivity index (χ0n) is 20.0. The minimum Gasteiger partial charge on any atom is -0.405 e. The Labute approximate surface area is 213 Å². The van der Waals surface area contributed by atoms with Crippen LogP contribution in [0.5, 0.6) is 5.75 Å². The number of ether oxygens (including phenoxy) is 1. The summed E-state index contributed by atoms with van der Waals surface area (Å²) in [6.07, 6.45) is -2.24. The molecule has 11 heteroatoms. The second-order valence-electron chi connectivity index (χ2n) is 9.00. The molecule has 0 bridgehead atoms. The van der Waals surface area contributed by atoms with Gasteiger partial charge in [0.1, 0.15) is 11.6 Å². The highest BCUT2D eigenvalue weighted by Gasteiger charge is 2.37. The van der Waals surface area contributed by atoms with E-state index in [2.05, 4.69) is 20.0 Å². The number of halogens is 4. The van der Waals surface area contributed by atoms with Gasteiger partial charge in [-0.15, -0.1) is 25.6 Å². The number of aromatic nitrogens is 2. The molecule has 0 aliphatic heterocycles. The van der Waals surface area contributed by atoms with Gasteiger partial charge in [-0.25, -0.2) is 4.98 Å². The SMILES string of the molecule is CN(C)c1nc(NC2CCC(C(C(N)=O)c3ccccc3OC(F)(F)F)CC2)nc2ccccc12.Cl. The van der Waals surface area contributed by atoms with E-state index in [9.17, 15) is 18.0 Å². The molecule has 1 amide bonds. The van der Waals surface area contributed by atoms with Gasteiger partial charge in [0.05, 0.1) is 11.4 Å². The second-order valence-corrected chi connectivity index (χ2v) is 9.00. The first kappa shape index (κ1) is 27.3. The lowest BCUT2D eigenvalue weighted by atomic mass is 9.75. The summed E-state index contributed by atoms with van der Waals surface area (Å²) in [5.74, 6) is -0.781. The Bertz CT molecular complexity index is 1200. The molecule has 1 heterocycles. The van der Waals surface area contributed by atoms with Crippen LogP contribution in [-0.2, 0) is 4.79 Å². The van der Waals surface area contributed by atoms with Crippen molar-refractivity contribution < 1.29 is 22.7 Å². The Morgan fingerprint density at radius 3 is 2.33 bits per heavy atom. The molecule has 36 heavy (non-hydrogen) atoms. The average molecular weight is 524 g/mol. The molecule has 0 saturated heterocycles. The molecule has 1 saturated carbocycles. The predicted octanol–water partition coefficient (Wildman–Crippen LogP) is 5.26. The van der Waals surface area contributed by atoms with Crippen molar-refractivity contribution in [2.24, 2.45) is 11.7 Å². The lowest BCUT2D eigenvalue weighted by Crippen LogP contribution is -2.34. The molecule has 194 valence electrons. The number of nitrogens with two attached hydrogens (primary N) is 1. The lowest BCUT2D eigenvalue weighted by molar-refractivity contribution is -0.275. The van der Waals surface area contributed by atoms with Gasteiger partial charge in [0.25, 0.3) is 0 Å². The van der Waals surface area contributed by atoms with Crippen LogP contribution in [0.3, 0.4) is 0 Å². The van der Waals surface area contributed by atoms with E-state index in [0.29, 0.717) is 31.6 Å². The summed E-state index contributed by atoms with van der Waals surface area (Å²) in [4.78, 5) is 23.6. The first-order valence-electron chi connectivity index (χ1n) is 11.5. The fraction of sp³-hybridized carbons (Fsp3) is 0.400. The summed E-state index contributed by atoms with van der Waals surface area (Å²) in [7, 11) is 3.85. The molecule has 3 aromatic rings. The molecule has 2 aromatic carbocycles. The fourth-order valence-corrected chi connectivity index (χ4v) is 4.84. The second kappa shape index (κ2) is 11.2. The van der Waals surface area contributed by atoms with E-state index in [-0.39, 0.29) is 35.7 Å². The van der Waals surface area contributed by atoms with Gasteiger partial charge >= 0.3 is 6.36 Å². The zero-order chi connectivity index (χ0) is 25.2. The summed E-state index contributed by atoms with van der Waals surface area (Å²) in [5, 5.41) is 4.36. The maximum Gasteiger partial charge on any atom is 0.573 e. The third-order valence-corrected chi connectivity index (χ3v) is 6.37. The van der Waals surface area contributed by atoms with Crippen LogP contribution in [-0.4, -0.2) is 42.4 Å². The Kier molecular flexibility index (Phi) is 8.50. The molecule has 3 N–H and O–H groups in total. The first-order chi connectivity index (χ1) is 16.6. The fourth-order valence-electron chi connectivity index (χ4n) is 4.84. The van der Waals surface area contributed by atoms with Gasteiger partial charge in [-0.2, -0.15) is 4.98 Å². The van der Waals surface area contributed by atoms with Crippen LogP contribution in [0.15, 0.2) is 48.5 Å². The summed E-state index contributed by atoms with van der Waals surface area (Å²) in [6, 6.07) is 13.6. The zero-order valence-corrected chi connectivity index (χ0v) is 20.8. The van der Waals surface area contributed by atoms with Crippen LogP contribution in [0.1, 0.15) is 37.2 Å². The molecular weight excluding hydrogens is 495 g/mol. The third kappa shape index (κ3) is 6.29. The molecule has 1 aliphatic carbocycles. The number of hydrogen-bond donors (Lipinski definition) is 2. The van der Waals surface area contributed by atoms with Crippen molar-refractivity contribution in [1.29, 1.82) is 0 Å².